The number of carbonyl (C=O) groups excluding carboxylic acids is 1. The fraction of sp³-hybridized carbons (Fsp3) is 0.320. The van der Waals surface area contributed by atoms with Crippen molar-refractivity contribution in [2.24, 2.45) is 0 Å². The number of anilines is 1. The van der Waals surface area contributed by atoms with E-state index in [-0.39, 0.29) is 18.0 Å². The molecule has 0 saturated carbocycles. The molecule has 1 saturated heterocycles. The Morgan fingerprint density at radius 3 is 2.66 bits per heavy atom. The Labute approximate surface area is 194 Å². The molecule has 3 heterocycles. The highest BCUT2D eigenvalue weighted by atomic mass is 32.1. The molecule has 3 aromatic rings. The maximum Gasteiger partial charge on any atom is 0.226 e. The molecule has 2 aromatic heterocycles. The molecule has 2 atom stereocenters. The third-order valence-corrected chi connectivity index (χ3v) is 6.31. The molecule has 166 valence electrons. The minimum atomic E-state index is -0.0836. The van der Waals surface area contributed by atoms with Crippen molar-refractivity contribution in [1.29, 1.82) is 0 Å². The number of amides is 1. The normalized spacial score (nSPS) is 18.0. The van der Waals surface area contributed by atoms with Gasteiger partial charge < -0.3 is 20.5 Å². The van der Waals surface area contributed by atoms with E-state index < -0.39 is 0 Å². The van der Waals surface area contributed by atoms with Crippen molar-refractivity contribution in [2.75, 3.05) is 11.9 Å². The smallest absolute Gasteiger partial charge is 0.226 e. The molecule has 32 heavy (non-hydrogen) atoms. The average Bonchev–Trinajstić information content (AvgIpc) is 3.27. The molecule has 1 aromatic carbocycles. The Morgan fingerprint density at radius 2 is 1.97 bits per heavy atom. The number of H-pyrrole nitrogens is 1. The minimum absolute atomic E-state index is 0.0245. The second-order valence-corrected chi connectivity index (χ2v) is 8.86. The van der Waals surface area contributed by atoms with Crippen LogP contribution in [0.15, 0.2) is 48.7 Å². The summed E-state index contributed by atoms with van der Waals surface area (Å²) in [5.41, 5.74) is 7.33. The number of aromatic amines is 1. The number of carbonyl (C=O) groups is 1. The van der Waals surface area contributed by atoms with Crippen LogP contribution in [-0.4, -0.2) is 32.4 Å². The number of hydrogen-bond donors (Lipinski definition) is 3. The second kappa shape index (κ2) is 9.12. The number of aromatic nitrogens is 2. The van der Waals surface area contributed by atoms with Crippen LogP contribution in [0.1, 0.15) is 52.3 Å². The van der Waals surface area contributed by atoms with E-state index in [0.29, 0.717) is 18.1 Å². The summed E-state index contributed by atoms with van der Waals surface area (Å²) in [7, 11) is 0. The van der Waals surface area contributed by atoms with Crippen molar-refractivity contribution < 1.29 is 4.79 Å². The van der Waals surface area contributed by atoms with Gasteiger partial charge in [-0.1, -0.05) is 18.2 Å². The van der Waals surface area contributed by atoms with Crippen molar-refractivity contribution in [3.8, 4) is 0 Å². The number of nitrogens with one attached hydrogen (secondary N) is 3. The summed E-state index contributed by atoms with van der Waals surface area (Å²) in [5, 5.41) is 7.14. The lowest BCUT2D eigenvalue weighted by Crippen LogP contribution is -2.32. The third kappa shape index (κ3) is 4.53. The predicted molar refractivity (Wildman–Crippen MR) is 132 cm³/mol. The number of hydrogen-bond acceptors (Lipinski definition) is 3. The van der Waals surface area contributed by atoms with Crippen molar-refractivity contribution in [3.05, 3.63) is 82.4 Å². The standard InChI is InChI=1S/C25H29N5OS/c1-15-8-9-16(2)21(13-15)28-22(31)10-12-30-24(19-14-17(3)27-18(19)4)23(29-25(30)32)20-7-5-6-11-26-20/h5-9,11,13-14,23-24,27H,10,12H2,1-4H3,(H,28,31)(H,29,32). The van der Waals surface area contributed by atoms with Crippen LogP contribution in [0.4, 0.5) is 5.69 Å². The van der Waals surface area contributed by atoms with Gasteiger partial charge in [-0.15, -0.1) is 0 Å². The maximum atomic E-state index is 12.8. The van der Waals surface area contributed by atoms with Crippen LogP contribution in [0, 0.1) is 27.7 Å². The molecular formula is C25H29N5OS. The molecule has 3 N–H and O–H groups in total. The summed E-state index contributed by atoms with van der Waals surface area (Å²) in [6.45, 7) is 8.66. The molecule has 7 heteroatoms. The molecule has 0 radical (unpaired) electrons. The van der Waals surface area contributed by atoms with Gasteiger partial charge in [0.25, 0.3) is 0 Å². The molecule has 0 bridgehead atoms. The first-order chi connectivity index (χ1) is 15.3. The number of aryl methyl sites for hydroxylation is 4. The van der Waals surface area contributed by atoms with E-state index in [1.165, 1.54) is 5.56 Å². The Hall–Kier alpha value is -3.19. The van der Waals surface area contributed by atoms with Gasteiger partial charge in [-0.2, -0.15) is 0 Å². The van der Waals surface area contributed by atoms with E-state index in [0.717, 1.165) is 33.9 Å². The Morgan fingerprint density at radius 1 is 1.16 bits per heavy atom. The first-order valence-electron chi connectivity index (χ1n) is 10.8. The van der Waals surface area contributed by atoms with Crippen LogP contribution >= 0.6 is 12.2 Å². The van der Waals surface area contributed by atoms with Gasteiger partial charge in [0.1, 0.15) is 0 Å². The molecule has 0 aliphatic carbocycles. The summed E-state index contributed by atoms with van der Waals surface area (Å²) >= 11 is 5.71. The number of thiocarbonyl (C=S) groups is 1. The van der Waals surface area contributed by atoms with E-state index in [2.05, 4.69) is 45.4 Å². The van der Waals surface area contributed by atoms with Gasteiger partial charge >= 0.3 is 0 Å². The molecule has 1 aliphatic rings. The van der Waals surface area contributed by atoms with Gasteiger partial charge in [-0.3, -0.25) is 9.78 Å². The zero-order chi connectivity index (χ0) is 22.8. The van der Waals surface area contributed by atoms with Crippen LogP contribution in [-0.2, 0) is 4.79 Å². The SMILES string of the molecule is Cc1ccc(C)c(NC(=O)CCN2C(=S)NC(c3ccccn3)C2c2cc(C)[nH]c2C)c1. The Balaban J connectivity index is 1.56. The van der Waals surface area contributed by atoms with Gasteiger partial charge in [0.2, 0.25) is 5.91 Å². The van der Waals surface area contributed by atoms with Crippen molar-refractivity contribution in [1.82, 2.24) is 20.2 Å². The van der Waals surface area contributed by atoms with Crippen molar-refractivity contribution >= 4 is 28.9 Å². The van der Waals surface area contributed by atoms with Crippen molar-refractivity contribution in [3.63, 3.8) is 0 Å². The van der Waals surface area contributed by atoms with E-state index in [1.54, 1.807) is 6.20 Å². The molecule has 0 spiro atoms. The molecule has 1 amide bonds. The van der Waals surface area contributed by atoms with Crippen LogP contribution < -0.4 is 10.6 Å². The molecule has 4 rings (SSSR count). The zero-order valence-corrected chi connectivity index (χ0v) is 19.7. The summed E-state index contributed by atoms with van der Waals surface area (Å²) in [6, 6.07) is 14.0. The fourth-order valence-corrected chi connectivity index (χ4v) is 4.67. The van der Waals surface area contributed by atoms with Crippen LogP contribution in [0.25, 0.3) is 0 Å². The van der Waals surface area contributed by atoms with E-state index in [9.17, 15) is 4.79 Å². The highest BCUT2D eigenvalue weighted by molar-refractivity contribution is 7.80. The largest absolute Gasteiger partial charge is 0.362 e. The zero-order valence-electron chi connectivity index (χ0n) is 18.9. The summed E-state index contributed by atoms with van der Waals surface area (Å²) in [4.78, 5) is 22.9. The lowest BCUT2D eigenvalue weighted by atomic mass is 9.96. The summed E-state index contributed by atoms with van der Waals surface area (Å²) in [6.07, 6.45) is 2.13. The third-order valence-electron chi connectivity index (χ3n) is 5.95. The second-order valence-electron chi connectivity index (χ2n) is 8.47. The monoisotopic (exact) mass is 447 g/mol. The van der Waals surface area contributed by atoms with Crippen LogP contribution in [0.2, 0.25) is 0 Å². The van der Waals surface area contributed by atoms with Crippen molar-refractivity contribution in [2.45, 2.75) is 46.2 Å². The van der Waals surface area contributed by atoms with Gasteiger partial charge in [0.05, 0.1) is 17.8 Å². The first-order valence-corrected chi connectivity index (χ1v) is 11.3. The predicted octanol–water partition coefficient (Wildman–Crippen LogP) is 4.64. The highest BCUT2D eigenvalue weighted by Gasteiger charge is 2.40. The quantitative estimate of drug-likeness (QED) is 0.480. The van der Waals surface area contributed by atoms with E-state index in [1.807, 2.05) is 50.2 Å². The van der Waals surface area contributed by atoms with E-state index >= 15 is 0 Å². The molecule has 6 nitrogen and oxygen atoms in total. The Bertz CT molecular complexity index is 1140. The lowest BCUT2D eigenvalue weighted by Gasteiger charge is -2.27. The highest BCUT2D eigenvalue weighted by Crippen LogP contribution is 2.40. The number of rotatable bonds is 6. The molecule has 2 unspecified atom stereocenters. The number of nitrogens with zero attached hydrogens (tertiary/aromatic N) is 2. The minimum Gasteiger partial charge on any atom is -0.362 e. The number of pyridine rings is 1. The maximum absolute atomic E-state index is 12.8. The van der Waals surface area contributed by atoms with Gasteiger partial charge in [-0.05, 0) is 80.9 Å². The lowest BCUT2D eigenvalue weighted by molar-refractivity contribution is -0.116. The van der Waals surface area contributed by atoms with Gasteiger partial charge in [0, 0.05) is 36.2 Å². The van der Waals surface area contributed by atoms with Gasteiger partial charge in [-0.25, -0.2) is 0 Å². The summed E-state index contributed by atoms with van der Waals surface area (Å²) < 4.78 is 0. The fourth-order valence-electron chi connectivity index (χ4n) is 4.34. The Kier molecular flexibility index (Phi) is 6.28. The molecule has 1 aliphatic heterocycles. The molecular weight excluding hydrogens is 418 g/mol. The topological polar surface area (TPSA) is 73.1 Å². The number of benzene rings is 1. The summed E-state index contributed by atoms with van der Waals surface area (Å²) in [5.74, 6) is -0.0245. The molecule has 1 fully saturated rings. The first kappa shape index (κ1) is 22.0. The van der Waals surface area contributed by atoms with Gasteiger partial charge in [0.15, 0.2) is 5.11 Å². The van der Waals surface area contributed by atoms with E-state index in [4.69, 9.17) is 12.2 Å². The average molecular weight is 448 g/mol. The van der Waals surface area contributed by atoms with Crippen LogP contribution in [0.5, 0.6) is 0 Å². The van der Waals surface area contributed by atoms with Crippen LogP contribution in [0.3, 0.4) is 0 Å².